The third-order valence-corrected chi connectivity index (χ3v) is 5.48. The molecule has 0 fully saturated rings. The van der Waals surface area contributed by atoms with Gasteiger partial charge in [-0.25, -0.2) is 0 Å². The van der Waals surface area contributed by atoms with Gasteiger partial charge in [0, 0.05) is 31.1 Å². The first-order valence-corrected chi connectivity index (χ1v) is 8.00. The highest BCUT2D eigenvalue weighted by Crippen LogP contribution is 2.45. The van der Waals surface area contributed by atoms with Crippen molar-refractivity contribution in [2.24, 2.45) is 5.92 Å². The summed E-state index contributed by atoms with van der Waals surface area (Å²) in [6, 6.07) is 14.1. The van der Waals surface area contributed by atoms with Gasteiger partial charge in [-0.3, -0.25) is 4.79 Å². The average molecular weight is 308 g/mol. The minimum atomic E-state index is -0.440. The number of rotatable bonds is 3. The minimum absolute atomic E-state index is 0.147. The maximum atomic E-state index is 13.0. The summed E-state index contributed by atoms with van der Waals surface area (Å²) in [6.07, 6.45) is 2.29. The Kier molecular flexibility index (Phi) is 3.27. The molecule has 0 heterocycles. The fraction of sp³-hybridized carbons (Fsp3) is 0.350. The van der Waals surface area contributed by atoms with E-state index in [2.05, 4.69) is 24.3 Å². The van der Waals surface area contributed by atoms with E-state index < -0.39 is 5.60 Å². The first-order valence-electron chi connectivity index (χ1n) is 8.00. The number of hydrogen-bond acceptors (Lipinski definition) is 3. The summed E-state index contributed by atoms with van der Waals surface area (Å²) in [5, 5.41) is 0. The second kappa shape index (κ2) is 5.20. The second-order valence-electron chi connectivity index (χ2n) is 6.50. The van der Waals surface area contributed by atoms with Crippen molar-refractivity contribution in [1.82, 2.24) is 0 Å². The number of fused-ring (bicyclic) bond motifs is 2. The van der Waals surface area contributed by atoms with Gasteiger partial charge in [0.15, 0.2) is 5.78 Å². The summed E-state index contributed by atoms with van der Waals surface area (Å²) >= 11 is 0. The number of methoxy groups -OCH3 is 2. The molecule has 0 saturated heterocycles. The number of carbonyl (C=O) groups excluding carboxylic acids is 1. The Balaban J connectivity index is 1.73. The van der Waals surface area contributed by atoms with Crippen molar-refractivity contribution >= 4 is 5.78 Å². The lowest BCUT2D eigenvalue weighted by molar-refractivity contribution is -0.0385. The van der Waals surface area contributed by atoms with Crippen LogP contribution in [0.4, 0.5) is 0 Å². The minimum Gasteiger partial charge on any atom is -0.496 e. The van der Waals surface area contributed by atoms with Gasteiger partial charge < -0.3 is 9.47 Å². The monoisotopic (exact) mass is 308 g/mol. The Morgan fingerprint density at radius 3 is 2.30 bits per heavy atom. The van der Waals surface area contributed by atoms with Crippen LogP contribution in [0.3, 0.4) is 0 Å². The molecule has 3 nitrogen and oxygen atoms in total. The lowest BCUT2D eigenvalue weighted by Crippen LogP contribution is -2.44. The summed E-state index contributed by atoms with van der Waals surface area (Å²) in [7, 11) is 3.39. The van der Waals surface area contributed by atoms with Gasteiger partial charge in [0.1, 0.15) is 5.75 Å². The van der Waals surface area contributed by atoms with Crippen LogP contribution < -0.4 is 4.74 Å². The number of carbonyl (C=O) groups is 1. The molecule has 2 aliphatic carbocycles. The van der Waals surface area contributed by atoms with Gasteiger partial charge in [0.2, 0.25) is 0 Å². The molecule has 3 heteroatoms. The number of hydrogen-bond donors (Lipinski definition) is 0. The summed E-state index contributed by atoms with van der Waals surface area (Å²) < 4.78 is 11.4. The Labute approximate surface area is 136 Å². The van der Waals surface area contributed by atoms with Gasteiger partial charge in [0.05, 0.1) is 18.6 Å². The van der Waals surface area contributed by atoms with Crippen LogP contribution in [0.5, 0.6) is 5.75 Å². The number of ether oxygens (including phenoxy) is 2. The van der Waals surface area contributed by atoms with Crippen molar-refractivity contribution in [3.8, 4) is 5.75 Å². The molecule has 0 bridgehead atoms. The van der Waals surface area contributed by atoms with E-state index in [0.29, 0.717) is 6.42 Å². The van der Waals surface area contributed by atoms with Gasteiger partial charge >= 0.3 is 0 Å². The fourth-order valence-corrected chi connectivity index (χ4v) is 4.25. The standard InChI is InChI=1S/C20H20O3/c1-22-18-9-5-8-15-16(18)10-17(19(15)21)20(23-2)11-13-6-3-4-7-14(13)12-20/h3-9,17H,10-12H2,1-2H3. The molecule has 0 saturated carbocycles. The van der Waals surface area contributed by atoms with Crippen LogP contribution >= 0.6 is 0 Å². The summed E-state index contributed by atoms with van der Waals surface area (Å²) in [6.45, 7) is 0. The molecule has 0 N–H and O–H groups in total. The van der Waals surface area contributed by atoms with E-state index in [0.717, 1.165) is 29.7 Å². The molecule has 4 rings (SSSR count). The van der Waals surface area contributed by atoms with E-state index in [9.17, 15) is 4.79 Å². The molecule has 2 aliphatic rings. The normalized spacial score (nSPS) is 21.1. The predicted octanol–water partition coefficient (Wildman–Crippen LogP) is 3.23. The van der Waals surface area contributed by atoms with Crippen LogP contribution in [0.25, 0.3) is 0 Å². The van der Waals surface area contributed by atoms with Crippen LogP contribution in [0.15, 0.2) is 42.5 Å². The number of benzene rings is 2. The van der Waals surface area contributed by atoms with Crippen molar-refractivity contribution in [3.63, 3.8) is 0 Å². The Morgan fingerprint density at radius 1 is 1.00 bits per heavy atom. The molecule has 23 heavy (non-hydrogen) atoms. The van der Waals surface area contributed by atoms with Crippen molar-refractivity contribution < 1.29 is 14.3 Å². The molecule has 2 aromatic carbocycles. The Morgan fingerprint density at radius 2 is 1.70 bits per heavy atom. The van der Waals surface area contributed by atoms with E-state index in [1.54, 1.807) is 14.2 Å². The SMILES string of the molecule is COc1cccc2c1CC(C1(OC)Cc3ccccc3C1)C2=O. The van der Waals surface area contributed by atoms with Gasteiger partial charge in [-0.1, -0.05) is 36.4 Å². The van der Waals surface area contributed by atoms with Crippen LogP contribution in [-0.2, 0) is 24.0 Å². The number of Topliss-reactive ketones (excluding diaryl/α,β-unsaturated/α-hetero) is 1. The topological polar surface area (TPSA) is 35.5 Å². The quantitative estimate of drug-likeness (QED) is 0.873. The fourth-order valence-electron chi connectivity index (χ4n) is 4.25. The predicted molar refractivity (Wildman–Crippen MR) is 88.1 cm³/mol. The zero-order chi connectivity index (χ0) is 16.0. The molecule has 0 radical (unpaired) electrons. The van der Waals surface area contributed by atoms with Crippen LogP contribution in [0.1, 0.15) is 27.0 Å². The largest absolute Gasteiger partial charge is 0.496 e. The lowest BCUT2D eigenvalue weighted by Gasteiger charge is -2.33. The highest BCUT2D eigenvalue weighted by Gasteiger charge is 2.50. The highest BCUT2D eigenvalue weighted by atomic mass is 16.5. The molecule has 0 amide bonds. The molecular formula is C20H20O3. The van der Waals surface area contributed by atoms with E-state index in [1.165, 1.54) is 11.1 Å². The number of ketones is 1. The van der Waals surface area contributed by atoms with Gasteiger partial charge in [0.25, 0.3) is 0 Å². The smallest absolute Gasteiger partial charge is 0.169 e. The van der Waals surface area contributed by atoms with Crippen molar-refractivity contribution in [2.45, 2.75) is 24.9 Å². The van der Waals surface area contributed by atoms with E-state index >= 15 is 0 Å². The molecular weight excluding hydrogens is 288 g/mol. The third kappa shape index (κ3) is 2.03. The molecule has 0 spiro atoms. The van der Waals surface area contributed by atoms with E-state index in [-0.39, 0.29) is 11.7 Å². The molecule has 1 atom stereocenters. The van der Waals surface area contributed by atoms with Crippen molar-refractivity contribution in [2.75, 3.05) is 14.2 Å². The van der Waals surface area contributed by atoms with Crippen LogP contribution in [-0.4, -0.2) is 25.6 Å². The van der Waals surface area contributed by atoms with E-state index in [4.69, 9.17) is 9.47 Å². The summed E-state index contributed by atoms with van der Waals surface area (Å²) in [5.41, 5.74) is 3.97. The van der Waals surface area contributed by atoms with Crippen molar-refractivity contribution in [3.05, 3.63) is 64.7 Å². The summed E-state index contributed by atoms with van der Waals surface area (Å²) in [5.74, 6) is 0.847. The van der Waals surface area contributed by atoms with Crippen molar-refractivity contribution in [1.29, 1.82) is 0 Å². The molecule has 118 valence electrons. The first kappa shape index (κ1) is 14.5. The first-order chi connectivity index (χ1) is 11.2. The Bertz CT molecular complexity index is 753. The second-order valence-corrected chi connectivity index (χ2v) is 6.50. The van der Waals surface area contributed by atoms with Gasteiger partial charge in [-0.2, -0.15) is 0 Å². The third-order valence-electron chi connectivity index (χ3n) is 5.48. The lowest BCUT2D eigenvalue weighted by atomic mass is 9.81. The summed E-state index contributed by atoms with van der Waals surface area (Å²) in [4.78, 5) is 13.0. The maximum absolute atomic E-state index is 13.0. The zero-order valence-electron chi connectivity index (χ0n) is 13.5. The Hall–Kier alpha value is -2.13. The highest BCUT2D eigenvalue weighted by molar-refractivity contribution is 6.03. The van der Waals surface area contributed by atoms with E-state index in [1.807, 2.05) is 18.2 Å². The van der Waals surface area contributed by atoms with Crippen LogP contribution in [0.2, 0.25) is 0 Å². The van der Waals surface area contributed by atoms with Gasteiger partial charge in [-0.15, -0.1) is 0 Å². The molecule has 1 unspecified atom stereocenters. The maximum Gasteiger partial charge on any atom is 0.169 e. The van der Waals surface area contributed by atoms with Gasteiger partial charge in [-0.05, 0) is 23.6 Å². The van der Waals surface area contributed by atoms with Crippen LogP contribution in [0, 0.1) is 5.92 Å². The molecule has 2 aromatic rings. The molecule has 0 aromatic heterocycles. The zero-order valence-corrected chi connectivity index (χ0v) is 13.5. The molecule has 0 aliphatic heterocycles. The average Bonchev–Trinajstić information content (AvgIpc) is 3.13.